The largest absolute Gasteiger partial charge is 1.00 e. The molecule has 0 radical (unpaired) electrons. The third kappa shape index (κ3) is 5.43. The number of allylic oxidation sites excluding steroid dienone is 6. The van der Waals surface area contributed by atoms with Crippen LogP contribution in [0.2, 0.25) is 0 Å². The minimum atomic E-state index is 0. The van der Waals surface area contributed by atoms with Crippen LogP contribution in [0.25, 0.3) is 16.3 Å². The van der Waals surface area contributed by atoms with Gasteiger partial charge >= 0.3 is 0 Å². The number of benzene rings is 2. The Kier molecular flexibility index (Phi) is 8.85. The highest BCUT2D eigenvalue weighted by molar-refractivity contribution is 8.03. The third-order valence-corrected chi connectivity index (χ3v) is 9.21. The second-order valence-electron chi connectivity index (χ2n) is 8.85. The molecule has 0 saturated carbocycles. The van der Waals surface area contributed by atoms with Crippen molar-refractivity contribution >= 4 is 56.7 Å². The molecule has 0 saturated heterocycles. The average molecular weight is 633 g/mol. The summed E-state index contributed by atoms with van der Waals surface area (Å²) in [5, 5.41) is 3.45. The van der Waals surface area contributed by atoms with E-state index in [-0.39, 0.29) is 24.0 Å². The highest BCUT2D eigenvalue weighted by atomic mass is 127. The van der Waals surface area contributed by atoms with E-state index >= 15 is 0 Å². The summed E-state index contributed by atoms with van der Waals surface area (Å²) in [5.41, 5.74) is 5.07. The lowest BCUT2D eigenvalue weighted by molar-refractivity contribution is -0.665. The number of halogens is 2. The Morgan fingerprint density at radius 2 is 1.80 bits per heavy atom. The number of fused-ring (bicyclic) bond motifs is 2. The van der Waals surface area contributed by atoms with Crippen LogP contribution in [0, 0.1) is 5.92 Å². The van der Waals surface area contributed by atoms with Crippen molar-refractivity contribution in [3.05, 3.63) is 93.0 Å². The monoisotopic (exact) mass is 632 g/mol. The topological polar surface area (TPSA) is 7.12 Å². The van der Waals surface area contributed by atoms with Crippen molar-refractivity contribution < 1.29 is 28.5 Å². The van der Waals surface area contributed by atoms with Gasteiger partial charge in [0.1, 0.15) is 11.2 Å². The Hall–Kier alpha value is -1.54. The summed E-state index contributed by atoms with van der Waals surface area (Å²) in [4.78, 5) is 3.70. The van der Waals surface area contributed by atoms with Crippen molar-refractivity contribution in [3.63, 3.8) is 0 Å². The smallest absolute Gasteiger partial charge is 0.262 e. The predicted octanol–water partition coefficient (Wildman–Crippen LogP) is 5.55. The van der Waals surface area contributed by atoms with Gasteiger partial charge in [0, 0.05) is 28.6 Å². The summed E-state index contributed by atoms with van der Waals surface area (Å²) < 4.78 is 3.70. The van der Waals surface area contributed by atoms with Gasteiger partial charge in [-0.2, -0.15) is 4.57 Å². The molecule has 0 spiro atoms. The van der Waals surface area contributed by atoms with Gasteiger partial charge in [0.25, 0.3) is 5.01 Å². The number of aryl methyl sites for hydroxylation is 1. The number of thioether (sulfide) groups is 1. The first-order chi connectivity index (χ1) is 16.6. The fraction of sp³-hybridized carbons (Fsp3) is 0.276. The van der Waals surface area contributed by atoms with Gasteiger partial charge in [-0.15, -0.1) is 0 Å². The molecule has 1 atom stereocenters. The minimum Gasteiger partial charge on any atom is -1.00 e. The average Bonchev–Trinajstić information content (AvgIpc) is 3.40. The van der Waals surface area contributed by atoms with Crippen LogP contribution in [-0.2, 0) is 6.54 Å². The van der Waals surface area contributed by atoms with Gasteiger partial charge in [0.05, 0.1) is 10.7 Å². The van der Waals surface area contributed by atoms with Crippen LogP contribution in [0.15, 0.2) is 92.9 Å². The second kappa shape index (κ2) is 11.7. The molecule has 1 aliphatic heterocycles. The lowest BCUT2D eigenvalue weighted by Crippen LogP contribution is -3.00. The van der Waals surface area contributed by atoms with Crippen molar-refractivity contribution in [1.82, 2.24) is 0 Å². The number of nitrogens with zero attached hydrogens (tertiary/aromatic N) is 2. The lowest BCUT2D eigenvalue weighted by atomic mass is 9.86. The molecule has 1 unspecified atom stereocenters. The minimum absolute atomic E-state index is 0. The quantitative estimate of drug-likeness (QED) is 0.269. The Morgan fingerprint density at radius 3 is 2.60 bits per heavy atom. The van der Waals surface area contributed by atoms with E-state index in [2.05, 4.69) is 103 Å². The zero-order valence-corrected chi connectivity index (χ0v) is 24.8. The van der Waals surface area contributed by atoms with E-state index in [1.807, 2.05) is 23.1 Å². The van der Waals surface area contributed by atoms with Crippen LogP contribution in [0.3, 0.4) is 0 Å². The van der Waals surface area contributed by atoms with Crippen LogP contribution in [0.5, 0.6) is 0 Å². The zero-order chi connectivity index (χ0) is 23.7. The fourth-order valence-electron chi connectivity index (χ4n) is 4.84. The molecule has 0 amide bonds. The van der Waals surface area contributed by atoms with Gasteiger partial charge in [-0.1, -0.05) is 78.0 Å². The maximum Gasteiger partial charge on any atom is 0.262 e. The van der Waals surface area contributed by atoms with Crippen LogP contribution < -0.4 is 33.4 Å². The summed E-state index contributed by atoms with van der Waals surface area (Å²) in [6, 6.07) is 17.3. The molecule has 35 heavy (non-hydrogen) atoms. The molecule has 1 aliphatic carbocycles. The molecule has 2 heterocycles. The lowest BCUT2D eigenvalue weighted by Gasteiger charge is -2.23. The maximum absolute atomic E-state index is 6.98. The molecule has 0 fully saturated rings. The zero-order valence-electron chi connectivity index (χ0n) is 20.3. The summed E-state index contributed by atoms with van der Waals surface area (Å²) in [5.74, 6) is 0.572. The molecule has 1 aromatic heterocycles. The molecule has 2 nitrogen and oxygen atoms in total. The van der Waals surface area contributed by atoms with E-state index in [4.69, 9.17) is 11.6 Å². The summed E-state index contributed by atoms with van der Waals surface area (Å²) in [7, 11) is 0. The van der Waals surface area contributed by atoms with Gasteiger partial charge in [-0.25, -0.2) is 0 Å². The molecule has 6 heteroatoms. The first kappa shape index (κ1) is 26.5. The number of anilines is 1. The number of para-hydroxylation sites is 2. The number of thiazole rings is 1. The normalized spacial score (nSPS) is 20.3. The molecular formula is C29H30ClIN2S2. The first-order valence-electron chi connectivity index (χ1n) is 12.0. The Bertz CT molecular complexity index is 1350. The van der Waals surface area contributed by atoms with E-state index in [1.165, 1.54) is 42.0 Å². The summed E-state index contributed by atoms with van der Waals surface area (Å²) in [6.45, 7) is 8.65. The van der Waals surface area contributed by atoms with Gasteiger partial charge in [0.2, 0.25) is 5.52 Å². The van der Waals surface area contributed by atoms with Gasteiger partial charge in [0.15, 0.2) is 0 Å². The number of aromatic nitrogens is 1. The molecule has 0 bridgehead atoms. The molecule has 3 aromatic rings. The molecule has 2 aliphatic rings. The SMILES string of the molecule is CCN1/C(=C\C=C2/CC(C)CC(/C=C/c3sc4ccccc4[n+]3CC)=C2Cl)Sc2ccccc21.[I-]. The molecular weight excluding hydrogens is 603 g/mol. The standard InChI is InChI=1S/C29H30ClN2S2.HI/c1-4-31-23-10-6-8-12-25(23)33-27(31)16-14-21-18-20(3)19-22(29(21)30)15-17-28-32(5-2)24-11-7-9-13-26(24)34-28;/h6-17,20H,4-5,18-19H2,1-3H3;1H/q+1;/p-1. The van der Waals surface area contributed by atoms with Crippen LogP contribution in [0.1, 0.15) is 38.6 Å². The van der Waals surface area contributed by atoms with Crippen LogP contribution >= 0.6 is 34.7 Å². The van der Waals surface area contributed by atoms with E-state index in [1.54, 1.807) is 0 Å². The Balaban J connectivity index is 0.00000289. The van der Waals surface area contributed by atoms with Crippen molar-refractivity contribution in [1.29, 1.82) is 0 Å². The number of rotatable bonds is 5. The Morgan fingerprint density at radius 1 is 1.03 bits per heavy atom. The molecule has 182 valence electrons. The van der Waals surface area contributed by atoms with Crippen molar-refractivity contribution in [2.75, 3.05) is 11.4 Å². The van der Waals surface area contributed by atoms with Crippen LogP contribution in [0.4, 0.5) is 5.69 Å². The summed E-state index contributed by atoms with van der Waals surface area (Å²) in [6.07, 6.45) is 11.0. The van der Waals surface area contributed by atoms with E-state index in [0.29, 0.717) is 5.92 Å². The van der Waals surface area contributed by atoms with Crippen LogP contribution in [-0.4, -0.2) is 6.54 Å². The molecule has 5 rings (SSSR count). The summed E-state index contributed by atoms with van der Waals surface area (Å²) >= 11 is 10.7. The number of hydrogen-bond acceptors (Lipinski definition) is 3. The van der Waals surface area contributed by atoms with Crippen molar-refractivity contribution in [2.24, 2.45) is 5.92 Å². The number of hydrogen-bond donors (Lipinski definition) is 0. The maximum atomic E-state index is 6.98. The first-order valence-corrected chi connectivity index (χ1v) is 14.0. The van der Waals surface area contributed by atoms with Crippen molar-refractivity contribution in [2.45, 2.75) is 45.1 Å². The Labute approximate surface area is 239 Å². The molecule has 2 aromatic carbocycles. The van der Waals surface area contributed by atoms with Gasteiger partial charge < -0.3 is 28.9 Å². The van der Waals surface area contributed by atoms with E-state index in [9.17, 15) is 0 Å². The predicted molar refractivity (Wildman–Crippen MR) is 149 cm³/mol. The molecule has 0 N–H and O–H groups in total. The highest BCUT2D eigenvalue weighted by Gasteiger charge is 2.24. The second-order valence-corrected chi connectivity index (χ2v) is 11.4. The van der Waals surface area contributed by atoms with Crippen molar-refractivity contribution in [3.8, 4) is 0 Å². The highest BCUT2D eigenvalue weighted by Crippen LogP contribution is 2.46. The fourth-order valence-corrected chi connectivity index (χ4v) is 7.38. The van der Waals surface area contributed by atoms with E-state index < -0.39 is 0 Å². The third-order valence-electron chi connectivity index (χ3n) is 6.46. The van der Waals surface area contributed by atoms with E-state index in [0.717, 1.165) is 31.0 Å². The van der Waals surface area contributed by atoms with Gasteiger partial charge in [-0.05, 0) is 68.0 Å². The van der Waals surface area contributed by atoms with Gasteiger partial charge in [-0.3, -0.25) is 0 Å².